The fraction of sp³-hybridized carbons (Fsp3) is 0.462. The van der Waals surface area contributed by atoms with Gasteiger partial charge in [-0.3, -0.25) is 9.63 Å². The molecular weight excluding hydrogens is 218 g/mol. The SMILES string of the molecule is CCCOCCC(=O)NOCc1ccccc1. The van der Waals surface area contributed by atoms with Crippen LogP contribution in [-0.4, -0.2) is 19.1 Å². The van der Waals surface area contributed by atoms with Gasteiger partial charge in [-0.2, -0.15) is 0 Å². The number of ether oxygens (including phenoxy) is 1. The van der Waals surface area contributed by atoms with E-state index in [1.807, 2.05) is 37.3 Å². The molecule has 1 amide bonds. The highest BCUT2D eigenvalue weighted by atomic mass is 16.6. The predicted molar refractivity (Wildman–Crippen MR) is 65.1 cm³/mol. The van der Waals surface area contributed by atoms with E-state index in [9.17, 15) is 4.79 Å². The van der Waals surface area contributed by atoms with E-state index in [4.69, 9.17) is 9.57 Å². The Bertz CT molecular complexity index is 314. The minimum atomic E-state index is -0.156. The van der Waals surface area contributed by atoms with E-state index in [1.54, 1.807) is 0 Å². The van der Waals surface area contributed by atoms with E-state index < -0.39 is 0 Å². The van der Waals surface area contributed by atoms with E-state index in [2.05, 4.69) is 5.48 Å². The van der Waals surface area contributed by atoms with Crippen molar-refractivity contribution in [1.29, 1.82) is 0 Å². The minimum absolute atomic E-state index is 0.156. The maximum atomic E-state index is 11.3. The van der Waals surface area contributed by atoms with Crippen molar-refractivity contribution in [2.75, 3.05) is 13.2 Å². The molecule has 0 aromatic heterocycles. The fourth-order valence-corrected chi connectivity index (χ4v) is 1.24. The van der Waals surface area contributed by atoms with E-state index >= 15 is 0 Å². The van der Waals surface area contributed by atoms with Gasteiger partial charge in [0.15, 0.2) is 0 Å². The molecule has 0 saturated heterocycles. The topological polar surface area (TPSA) is 47.6 Å². The van der Waals surface area contributed by atoms with Gasteiger partial charge >= 0.3 is 0 Å². The van der Waals surface area contributed by atoms with Crippen LogP contribution in [0.15, 0.2) is 30.3 Å². The monoisotopic (exact) mass is 237 g/mol. The lowest BCUT2D eigenvalue weighted by Crippen LogP contribution is -2.24. The number of amides is 1. The Labute approximate surface area is 102 Å². The van der Waals surface area contributed by atoms with Gasteiger partial charge in [0.2, 0.25) is 5.91 Å². The van der Waals surface area contributed by atoms with Crippen LogP contribution in [0.2, 0.25) is 0 Å². The molecule has 0 aliphatic heterocycles. The van der Waals surface area contributed by atoms with Crippen LogP contribution in [0, 0.1) is 0 Å². The Balaban J connectivity index is 2.04. The number of nitrogens with one attached hydrogen (secondary N) is 1. The predicted octanol–water partition coefficient (Wildman–Crippen LogP) is 2.05. The van der Waals surface area contributed by atoms with Crippen molar-refractivity contribution in [1.82, 2.24) is 5.48 Å². The van der Waals surface area contributed by atoms with Crippen molar-refractivity contribution in [2.24, 2.45) is 0 Å². The molecule has 1 aromatic rings. The molecule has 1 N–H and O–H groups in total. The van der Waals surface area contributed by atoms with Crippen molar-refractivity contribution in [2.45, 2.75) is 26.4 Å². The lowest BCUT2D eigenvalue weighted by Gasteiger charge is -2.06. The zero-order valence-electron chi connectivity index (χ0n) is 10.1. The van der Waals surface area contributed by atoms with Crippen molar-refractivity contribution in [3.05, 3.63) is 35.9 Å². The molecule has 0 radical (unpaired) electrons. The van der Waals surface area contributed by atoms with Crippen LogP contribution in [0.25, 0.3) is 0 Å². The summed E-state index contributed by atoms with van der Waals surface area (Å²) in [4.78, 5) is 16.4. The van der Waals surface area contributed by atoms with E-state index in [0.717, 1.165) is 12.0 Å². The van der Waals surface area contributed by atoms with E-state index in [-0.39, 0.29) is 5.91 Å². The maximum absolute atomic E-state index is 11.3. The van der Waals surface area contributed by atoms with E-state index in [0.29, 0.717) is 26.2 Å². The van der Waals surface area contributed by atoms with Crippen LogP contribution in [0.1, 0.15) is 25.3 Å². The van der Waals surface area contributed by atoms with Gasteiger partial charge in [0.1, 0.15) is 0 Å². The summed E-state index contributed by atoms with van der Waals surface area (Å²) >= 11 is 0. The molecule has 0 spiro atoms. The second-order valence-electron chi connectivity index (χ2n) is 3.66. The number of rotatable bonds is 8. The summed E-state index contributed by atoms with van der Waals surface area (Å²) in [5.74, 6) is -0.156. The van der Waals surface area contributed by atoms with Gasteiger partial charge in [-0.25, -0.2) is 5.48 Å². The number of carbonyl (C=O) groups is 1. The molecule has 0 bridgehead atoms. The van der Waals surface area contributed by atoms with Gasteiger partial charge in [-0.05, 0) is 12.0 Å². The lowest BCUT2D eigenvalue weighted by atomic mass is 10.2. The summed E-state index contributed by atoms with van der Waals surface area (Å²) in [5, 5.41) is 0. The zero-order valence-corrected chi connectivity index (χ0v) is 10.1. The highest BCUT2D eigenvalue weighted by Gasteiger charge is 2.00. The highest BCUT2D eigenvalue weighted by molar-refractivity contribution is 5.74. The van der Waals surface area contributed by atoms with Crippen LogP contribution in [0.4, 0.5) is 0 Å². The Morgan fingerprint density at radius 3 is 2.71 bits per heavy atom. The van der Waals surface area contributed by atoms with Crippen LogP contribution in [0.5, 0.6) is 0 Å². The molecule has 0 heterocycles. The average Bonchev–Trinajstić information content (AvgIpc) is 2.36. The van der Waals surface area contributed by atoms with Gasteiger partial charge in [-0.15, -0.1) is 0 Å². The van der Waals surface area contributed by atoms with Crippen molar-refractivity contribution in [3.63, 3.8) is 0 Å². The maximum Gasteiger partial charge on any atom is 0.245 e. The normalized spacial score (nSPS) is 10.2. The number of benzene rings is 1. The van der Waals surface area contributed by atoms with Crippen molar-refractivity contribution in [3.8, 4) is 0 Å². The van der Waals surface area contributed by atoms with Gasteiger partial charge in [0, 0.05) is 6.61 Å². The molecule has 4 heteroatoms. The molecule has 0 unspecified atom stereocenters. The molecule has 0 fully saturated rings. The molecule has 0 atom stereocenters. The first-order chi connectivity index (χ1) is 8.33. The van der Waals surface area contributed by atoms with Crippen LogP contribution in [-0.2, 0) is 21.0 Å². The first-order valence-corrected chi connectivity index (χ1v) is 5.85. The summed E-state index contributed by atoms with van der Waals surface area (Å²) in [5.41, 5.74) is 3.41. The van der Waals surface area contributed by atoms with E-state index in [1.165, 1.54) is 0 Å². The molecule has 0 aliphatic rings. The molecule has 1 rings (SSSR count). The summed E-state index contributed by atoms with van der Waals surface area (Å²) in [6.45, 7) is 3.54. The summed E-state index contributed by atoms with van der Waals surface area (Å²) < 4.78 is 5.20. The Morgan fingerprint density at radius 1 is 1.24 bits per heavy atom. The number of hydrogen-bond donors (Lipinski definition) is 1. The lowest BCUT2D eigenvalue weighted by molar-refractivity contribution is -0.135. The summed E-state index contributed by atoms with van der Waals surface area (Å²) in [6, 6.07) is 9.68. The van der Waals surface area contributed by atoms with Crippen LogP contribution < -0.4 is 5.48 Å². The van der Waals surface area contributed by atoms with Crippen molar-refractivity contribution >= 4 is 5.91 Å². The first kappa shape index (κ1) is 13.7. The minimum Gasteiger partial charge on any atom is -0.381 e. The number of hydrogen-bond acceptors (Lipinski definition) is 3. The molecular formula is C13H19NO3. The van der Waals surface area contributed by atoms with Crippen LogP contribution >= 0.6 is 0 Å². The molecule has 1 aromatic carbocycles. The molecule has 0 aliphatic carbocycles. The molecule has 94 valence electrons. The molecule has 17 heavy (non-hydrogen) atoms. The van der Waals surface area contributed by atoms with Crippen LogP contribution in [0.3, 0.4) is 0 Å². The fourth-order valence-electron chi connectivity index (χ4n) is 1.24. The Morgan fingerprint density at radius 2 is 2.00 bits per heavy atom. The molecule has 0 saturated carbocycles. The smallest absolute Gasteiger partial charge is 0.245 e. The summed E-state index contributed by atoms with van der Waals surface area (Å²) in [7, 11) is 0. The zero-order chi connectivity index (χ0) is 12.3. The van der Waals surface area contributed by atoms with Gasteiger partial charge in [0.05, 0.1) is 19.6 Å². The van der Waals surface area contributed by atoms with Gasteiger partial charge < -0.3 is 4.74 Å². The number of carbonyl (C=O) groups excluding carboxylic acids is 1. The Hall–Kier alpha value is -1.39. The average molecular weight is 237 g/mol. The quantitative estimate of drug-likeness (QED) is 0.556. The third kappa shape index (κ3) is 6.71. The third-order valence-electron chi connectivity index (χ3n) is 2.09. The highest BCUT2D eigenvalue weighted by Crippen LogP contribution is 1.99. The first-order valence-electron chi connectivity index (χ1n) is 5.85. The second-order valence-corrected chi connectivity index (χ2v) is 3.66. The second kappa shape index (κ2) is 8.73. The van der Waals surface area contributed by atoms with Gasteiger partial charge in [-0.1, -0.05) is 37.3 Å². The largest absolute Gasteiger partial charge is 0.381 e. The molecule has 4 nitrogen and oxygen atoms in total. The Kier molecular flexibility index (Phi) is 7.02. The number of hydroxylamine groups is 1. The van der Waals surface area contributed by atoms with Crippen molar-refractivity contribution < 1.29 is 14.4 Å². The van der Waals surface area contributed by atoms with Gasteiger partial charge in [0.25, 0.3) is 0 Å². The summed E-state index contributed by atoms with van der Waals surface area (Å²) in [6.07, 6.45) is 1.29. The third-order valence-corrected chi connectivity index (χ3v) is 2.09. The standard InChI is InChI=1S/C13H19NO3/c1-2-9-16-10-8-13(15)14-17-11-12-6-4-3-5-7-12/h3-7H,2,8-11H2,1H3,(H,14,15).